The molecular weight excluding hydrogens is 377 g/mol. The van der Waals surface area contributed by atoms with Crippen LogP contribution >= 0.6 is 12.2 Å². The zero-order valence-electron chi connectivity index (χ0n) is 13.4. The highest BCUT2D eigenvalue weighted by Gasteiger charge is 2.35. The molecule has 10 heteroatoms. The standard InChI is InChI=1S/C17H10FN3O5S/c18-11-3-1-2-4-12(11)20-16(24)10(15(23)19-17(20)27)7-9-5-6-14(22)13(8-9)21(25)26/h1-8,22H,(H,19,23,27). The number of nitrogens with zero attached hydrogens (tertiary/aromatic N) is 2. The lowest BCUT2D eigenvalue weighted by molar-refractivity contribution is -0.385. The minimum absolute atomic E-state index is 0.124. The third-order valence-electron chi connectivity index (χ3n) is 3.70. The van der Waals surface area contributed by atoms with Gasteiger partial charge in [0.15, 0.2) is 10.9 Å². The van der Waals surface area contributed by atoms with Crippen LogP contribution in [-0.4, -0.2) is 27.0 Å². The van der Waals surface area contributed by atoms with Gasteiger partial charge < -0.3 is 5.11 Å². The average Bonchev–Trinajstić information content (AvgIpc) is 2.61. The Labute approximate surface area is 156 Å². The minimum atomic E-state index is -0.885. The Morgan fingerprint density at radius 1 is 1.22 bits per heavy atom. The molecule has 1 saturated heterocycles. The lowest BCUT2D eigenvalue weighted by Gasteiger charge is -2.29. The SMILES string of the molecule is O=C1NC(=S)N(c2ccccc2F)C(=O)C1=Cc1ccc(O)c([N+](=O)[O-])c1. The number of aromatic hydroxyl groups is 1. The molecule has 1 aliphatic heterocycles. The van der Waals surface area contributed by atoms with E-state index in [1.54, 1.807) is 0 Å². The lowest BCUT2D eigenvalue weighted by Crippen LogP contribution is -2.54. The van der Waals surface area contributed by atoms with E-state index in [0.29, 0.717) is 0 Å². The second kappa shape index (κ2) is 6.92. The number of phenolic OH excluding ortho intramolecular Hbond substituents is 1. The summed E-state index contributed by atoms with van der Waals surface area (Å²) in [4.78, 5) is 35.9. The molecule has 0 aromatic heterocycles. The van der Waals surface area contributed by atoms with Crippen LogP contribution in [0.5, 0.6) is 5.75 Å². The van der Waals surface area contributed by atoms with Crippen LogP contribution in [0.3, 0.4) is 0 Å². The molecule has 0 spiro atoms. The highest BCUT2D eigenvalue weighted by atomic mass is 32.1. The first kappa shape index (κ1) is 18.1. The van der Waals surface area contributed by atoms with Gasteiger partial charge in [0.25, 0.3) is 11.8 Å². The van der Waals surface area contributed by atoms with Gasteiger partial charge in [-0.25, -0.2) is 9.29 Å². The zero-order chi connectivity index (χ0) is 19.7. The Bertz CT molecular complexity index is 1040. The number of phenols is 1. The number of rotatable bonds is 3. The molecule has 0 unspecified atom stereocenters. The number of halogens is 1. The van der Waals surface area contributed by atoms with Gasteiger partial charge in [-0.3, -0.25) is 25.0 Å². The van der Waals surface area contributed by atoms with Crippen LogP contribution in [0.1, 0.15) is 5.56 Å². The second-order valence-corrected chi connectivity index (χ2v) is 5.80. The summed E-state index contributed by atoms with van der Waals surface area (Å²) in [6.45, 7) is 0. The van der Waals surface area contributed by atoms with E-state index in [1.165, 1.54) is 24.3 Å². The number of hydrogen-bond donors (Lipinski definition) is 2. The number of benzene rings is 2. The predicted molar refractivity (Wildman–Crippen MR) is 97.4 cm³/mol. The van der Waals surface area contributed by atoms with Crippen molar-refractivity contribution in [2.45, 2.75) is 0 Å². The summed E-state index contributed by atoms with van der Waals surface area (Å²) < 4.78 is 14.1. The lowest BCUT2D eigenvalue weighted by atomic mass is 10.1. The first-order chi connectivity index (χ1) is 12.8. The minimum Gasteiger partial charge on any atom is -0.502 e. The molecule has 0 saturated carbocycles. The van der Waals surface area contributed by atoms with Gasteiger partial charge in [0.2, 0.25) is 0 Å². The van der Waals surface area contributed by atoms with Crippen LogP contribution in [-0.2, 0) is 9.59 Å². The van der Waals surface area contributed by atoms with E-state index in [1.807, 2.05) is 0 Å². The molecule has 0 bridgehead atoms. The highest BCUT2D eigenvalue weighted by molar-refractivity contribution is 7.80. The van der Waals surface area contributed by atoms with Gasteiger partial charge in [-0.15, -0.1) is 0 Å². The molecule has 1 aliphatic rings. The summed E-state index contributed by atoms with van der Waals surface area (Å²) >= 11 is 4.97. The molecule has 8 nitrogen and oxygen atoms in total. The van der Waals surface area contributed by atoms with E-state index in [2.05, 4.69) is 5.32 Å². The van der Waals surface area contributed by atoms with Crippen molar-refractivity contribution >= 4 is 46.6 Å². The molecule has 3 rings (SSSR count). The van der Waals surface area contributed by atoms with Gasteiger partial charge in [-0.2, -0.15) is 0 Å². The normalized spacial score (nSPS) is 15.8. The largest absolute Gasteiger partial charge is 0.502 e. The second-order valence-electron chi connectivity index (χ2n) is 5.41. The Balaban J connectivity index is 2.06. The molecular formula is C17H10FN3O5S. The van der Waals surface area contributed by atoms with Gasteiger partial charge in [0.05, 0.1) is 10.6 Å². The predicted octanol–water partition coefficient (Wildman–Crippen LogP) is 2.27. The highest BCUT2D eigenvalue weighted by Crippen LogP contribution is 2.29. The molecule has 0 aliphatic carbocycles. The van der Waals surface area contributed by atoms with Gasteiger partial charge in [-0.05, 0) is 42.1 Å². The number of anilines is 1. The van der Waals surface area contributed by atoms with Crippen LogP contribution in [0, 0.1) is 15.9 Å². The topological polar surface area (TPSA) is 113 Å². The van der Waals surface area contributed by atoms with Crippen LogP contribution in [0.4, 0.5) is 15.8 Å². The Morgan fingerprint density at radius 3 is 2.59 bits per heavy atom. The summed E-state index contributed by atoms with van der Waals surface area (Å²) in [5.41, 5.74) is -1.00. The number of nitro groups is 1. The molecule has 136 valence electrons. The van der Waals surface area contributed by atoms with E-state index in [0.717, 1.165) is 29.2 Å². The van der Waals surface area contributed by atoms with E-state index in [4.69, 9.17) is 12.2 Å². The maximum atomic E-state index is 14.1. The zero-order valence-corrected chi connectivity index (χ0v) is 14.2. The Hall–Kier alpha value is -3.66. The summed E-state index contributed by atoms with van der Waals surface area (Å²) in [6.07, 6.45) is 1.10. The molecule has 0 radical (unpaired) electrons. The number of para-hydroxylation sites is 1. The molecule has 1 fully saturated rings. The Morgan fingerprint density at radius 2 is 1.93 bits per heavy atom. The summed E-state index contributed by atoms with van der Waals surface area (Å²) in [7, 11) is 0. The van der Waals surface area contributed by atoms with E-state index >= 15 is 0 Å². The van der Waals surface area contributed by atoms with Crippen molar-refractivity contribution in [3.63, 3.8) is 0 Å². The van der Waals surface area contributed by atoms with Crippen molar-refractivity contribution in [3.8, 4) is 5.75 Å². The molecule has 27 heavy (non-hydrogen) atoms. The van der Waals surface area contributed by atoms with Crippen LogP contribution < -0.4 is 10.2 Å². The summed E-state index contributed by atoms with van der Waals surface area (Å²) in [5, 5.41) is 22.4. The van der Waals surface area contributed by atoms with Crippen molar-refractivity contribution < 1.29 is 24.0 Å². The molecule has 1 heterocycles. The first-order valence-corrected chi connectivity index (χ1v) is 7.84. The quantitative estimate of drug-likeness (QED) is 0.275. The number of carbonyl (C=O) groups is 2. The number of hydrogen-bond acceptors (Lipinski definition) is 6. The molecule has 2 aromatic carbocycles. The van der Waals surface area contributed by atoms with Crippen molar-refractivity contribution in [1.82, 2.24) is 5.32 Å². The summed E-state index contributed by atoms with van der Waals surface area (Å²) in [5.74, 6) is -2.99. The fraction of sp³-hybridized carbons (Fsp3) is 0. The van der Waals surface area contributed by atoms with Gasteiger partial charge >= 0.3 is 5.69 Å². The van der Waals surface area contributed by atoms with Crippen LogP contribution in [0.25, 0.3) is 6.08 Å². The molecule has 0 atom stereocenters. The number of nitrogens with one attached hydrogen (secondary N) is 1. The maximum absolute atomic E-state index is 14.1. The van der Waals surface area contributed by atoms with Crippen molar-refractivity contribution in [3.05, 3.63) is 69.5 Å². The summed E-state index contributed by atoms with van der Waals surface area (Å²) in [6, 6.07) is 8.74. The number of carbonyl (C=O) groups excluding carboxylic acids is 2. The van der Waals surface area contributed by atoms with Crippen LogP contribution in [0.2, 0.25) is 0 Å². The number of thiocarbonyl (C=S) groups is 1. The van der Waals surface area contributed by atoms with Gasteiger partial charge in [0.1, 0.15) is 11.4 Å². The third kappa shape index (κ3) is 3.37. The van der Waals surface area contributed by atoms with Gasteiger partial charge in [0, 0.05) is 6.07 Å². The fourth-order valence-corrected chi connectivity index (χ4v) is 2.73. The van der Waals surface area contributed by atoms with Crippen molar-refractivity contribution in [2.24, 2.45) is 0 Å². The van der Waals surface area contributed by atoms with E-state index < -0.39 is 39.6 Å². The van der Waals surface area contributed by atoms with Crippen LogP contribution in [0.15, 0.2) is 48.0 Å². The third-order valence-corrected chi connectivity index (χ3v) is 3.99. The number of nitro benzene ring substituents is 1. The number of amides is 2. The van der Waals surface area contributed by atoms with E-state index in [-0.39, 0.29) is 16.4 Å². The molecule has 2 N–H and O–H groups in total. The maximum Gasteiger partial charge on any atom is 0.311 e. The van der Waals surface area contributed by atoms with Crippen molar-refractivity contribution in [1.29, 1.82) is 0 Å². The Kier molecular flexibility index (Phi) is 4.65. The van der Waals surface area contributed by atoms with E-state index in [9.17, 15) is 29.2 Å². The monoisotopic (exact) mass is 387 g/mol. The fourth-order valence-electron chi connectivity index (χ4n) is 2.45. The van der Waals surface area contributed by atoms with Gasteiger partial charge in [-0.1, -0.05) is 18.2 Å². The first-order valence-electron chi connectivity index (χ1n) is 7.43. The molecule has 2 amide bonds. The smallest absolute Gasteiger partial charge is 0.311 e. The average molecular weight is 387 g/mol. The van der Waals surface area contributed by atoms with Crippen molar-refractivity contribution in [2.75, 3.05) is 4.90 Å². The molecule has 2 aromatic rings.